The van der Waals surface area contributed by atoms with Crippen molar-refractivity contribution in [1.29, 1.82) is 0 Å². The topological polar surface area (TPSA) is 8.17 Å². The number of hydrogen-bond acceptors (Lipinski definition) is 2. The van der Waals surface area contributed by atoms with E-state index in [9.17, 15) is 0 Å². The monoisotopic (exact) mass is 692 g/mol. The normalized spacial score (nSPS) is 11.8. The molecule has 0 aliphatic carbocycles. The van der Waals surface area contributed by atoms with Crippen LogP contribution in [0.3, 0.4) is 0 Å². The Hall–Kier alpha value is -6.68. The van der Waals surface area contributed by atoms with Gasteiger partial charge in [0.05, 0.1) is 21.4 Å². The first-order valence-electron chi connectivity index (χ1n) is 18.1. The van der Waals surface area contributed by atoms with E-state index >= 15 is 0 Å². The maximum absolute atomic E-state index is 2.46. The molecule has 0 bridgehead atoms. The van der Waals surface area contributed by atoms with Gasteiger partial charge in [0.15, 0.2) is 0 Å². The molecule has 0 spiro atoms. The van der Waals surface area contributed by atoms with E-state index in [0.29, 0.717) is 0 Å². The molecule has 0 radical (unpaired) electrons. The summed E-state index contributed by atoms with van der Waals surface area (Å²) in [5, 5.41) is 10.1. The van der Waals surface area contributed by atoms with Crippen molar-refractivity contribution >= 4 is 91.9 Å². The highest BCUT2D eigenvalue weighted by atomic mass is 32.1. The number of fused-ring (bicyclic) bond motifs is 9. The van der Waals surface area contributed by atoms with Crippen LogP contribution in [0.15, 0.2) is 194 Å². The van der Waals surface area contributed by atoms with Crippen LogP contribution in [0.5, 0.6) is 0 Å². The van der Waals surface area contributed by atoms with Crippen molar-refractivity contribution in [2.75, 3.05) is 4.90 Å². The van der Waals surface area contributed by atoms with E-state index in [2.05, 4.69) is 204 Å². The van der Waals surface area contributed by atoms with Crippen molar-refractivity contribution in [3.63, 3.8) is 0 Å². The SMILES string of the molecule is c1ccc(-n2c3ccccc3c3cc(-c4ccc(N(c5ccc6ccccc6c5)c5cccc6ccccc56)cc4)c4c5ccccc5sc4c32)cc1. The fraction of sp³-hybridized carbons (Fsp3) is 0. The van der Waals surface area contributed by atoms with Crippen molar-refractivity contribution in [1.82, 2.24) is 4.57 Å². The van der Waals surface area contributed by atoms with Crippen LogP contribution < -0.4 is 4.90 Å². The maximum Gasteiger partial charge on any atom is 0.0720 e. The minimum atomic E-state index is 1.12. The first kappa shape index (κ1) is 30.0. The van der Waals surface area contributed by atoms with Crippen LogP contribution in [0.4, 0.5) is 17.1 Å². The Balaban J connectivity index is 1.15. The van der Waals surface area contributed by atoms with Gasteiger partial charge in [-0.25, -0.2) is 0 Å². The molecule has 0 aliphatic rings. The zero-order valence-electron chi connectivity index (χ0n) is 28.8. The quantitative estimate of drug-likeness (QED) is 0.174. The first-order valence-corrected chi connectivity index (χ1v) is 18.9. The number of thiophene rings is 1. The summed E-state index contributed by atoms with van der Waals surface area (Å²) in [7, 11) is 0. The van der Waals surface area contributed by atoms with Crippen LogP contribution in [0, 0.1) is 0 Å². The third kappa shape index (κ3) is 4.71. The van der Waals surface area contributed by atoms with Crippen LogP contribution in [-0.2, 0) is 0 Å². The van der Waals surface area contributed by atoms with Crippen molar-refractivity contribution in [2.45, 2.75) is 0 Å². The Bertz CT molecular complexity index is 3160. The number of benzene rings is 9. The Morgan fingerprint density at radius 1 is 0.434 bits per heavy atom. The predicted molar refractivity (Wildman–Crippen MR) is 229 cm³/mol. The molecule has 11 rings (SSSR count). The second-order valence-electron chi connectivity index (χ2n) is 13.7. The van der Waals surface area contributed by atoms with Crippen molar-refractivity contribution in [2.24, 2.45) is 0 Å². The zero-order chi connectivity index (χ0) is 34.9. The van der Waals surface area contributed by atoms with Crippen LogP contribution in [0.25, 0.3) is 80.3 Å². The van der Waals surface area contributed by atoms with E-state index in [4.69, 9.17) is 0 Å². The van der Waals surface area contributed by atoms with Gasteiger partial charge in [0.1, 0.15) is 0 Å². The Kier molecular flexibility index (Phi) is 6.76. The number of nitrogens with zero attached hydrogens (tertiary/aromatic N) is 2. The lowest BCUT2D eigenvalue weighted by Gasteiger charge is -2.27. The molecule has 0 saturated heterocycles. The maximum atomic E-state index is 2.46. The highest BCUT2D eigenvalue weighted by Gasteiger charge is 2.22. The molecule has 0 aliphatic heterocycles. The van der Waals surface area contributed by atoms with Gasteiger partial charge < -0.3 is 9.47 Å². The van der Waals surface area contributed by atoms with E-state index in [-0.39, 0.29) is 0 Å². The molecule has 11 aromatic rings. The number of aromatic nitrogens is 1. The Morgan fingerprint density at radius 2 is 1.09 bits per heavy atom. The third-order valence-corrected chi connectivity index (χ3v) is 11.9. The number of anilines is 3. The number of rotatable bonds is 5. The molecule has 2 nitrogen and oxygen atoms in total. The van der Waals surface area contributed by atoms with Gasteiger partial charge in [0, 0.05) is 48.7 Å². The van der Waals surface area contributed by atoms with Gasteiger partial charge in [-0.1, -0.05) is 133 Å². The molecule has 3 heteroatoms. The fourth-order valence-electron chi connectivity index (χ4n) is 8.34. The van der Waals surface area contributed by atoms with Gasteiger partial charge in [0.25, 0.3) is 0 Å². The third-order valence-electron chi connectivity index (χ3n) is 10.7. The Labute approximate surface area is 311 Å². The molecule has 0 amide bonds. The molecule has 248 valence electrons. The lowest BCUT2D eigenvalue weighted by molar-refractivity contribution is 1.19. The summed E-state index contributed by atoms with van der Waals surface area (Å²) in [6.07, 6.45) is 0. The molecule has 0 atom stereocenters. The molecule has 2 heterocycles. The second kappa shape index (κ2) is 11.9. The van der Waals surface area contributed by atoms with E-state index in [1.165, 1.54) is 80.3 Å². The largest absolute Gasteiger partial charge is 0.310 e. The standard InChI is InChI=1S/C50H32N2S/c1-2-17-37(18-3-1)52-46-22-10-8-20-41(46)44-32-43(48-42-21-9-11-24-47(42)53-50(48)49(44)52)35-26-28-38(29-27-35)51(39-30-25-33-13-4-5-15-36(33)31-39)45-23-12-16-34-14-6-7-19-40(34)45/h1-32H. The first-order chi connectivity index (χ1) is 26.3. The molecule has 0 N–H and O–H groups in total. The van der Waals surface area contributed by atoms with Crippen LogP contribution in [0.2, 0.25) is 0 Å². The molecule has 9 aromatic carbocycles. The summed E-state index contributed by atoms with van der Waals surface area (Å²) < 4.78 is 5.08. The van der Waals surface area contributed by atoms with E-state index < -0.39 is 0 Å². The van der Waals surface area contributed by atoms with E-state index in [0.717, 1.165) is 17.1 Å². The van der Waals surface area contributed by atoms with Gasteiger partial charge in [-0.3, -0.25) is 0 Å². The minimum Gasteiger partial charge on any atom is -0.310 e. The number of para-hydroxylation sites is 2. The summed E-state index contributed by atoms with van der Waals surface area (Å²) in [5.74, 6) is 0. The molecule has 0 unspecified atom stereocenters. The van der Waals surface area contributed by atoms with Crippen LogP contribution in [-0.4, -0.2) is 4.57 Å². The van der Waals surface area contributed by atoms with Crippen LogP contribution >= 0.6 is 11.3 Å². The van der Waals surface area contributed by atoms with Crippen LogP contribution in [0.1, 0.15) is 0 Å². The summed E-state index contributed by atoms with van der Waals surface area (Å²) in [6, 6.07) is 70.8. The van der Waals surface area contributed by atoms with Crippen molar-refractivity contribution in [3.05, 3.63) is 194 Å². The van der Waals surface area contributed by atoms with Gasteiger partial charge in [-0.05, 0) is 87.9 Å². The van der Waals surface area contributed by atoms with Crippen molar-refractivity contribution < 1.29 is 0 Å². The summed E-state index contributed by atoms with van der Waals surface area (Å²) in [6.45, 7) is 0. The van der Waals surface area contributed by atoms with Gasteiger partial charge in [-0.2, -0.15) is 0 Å². The molecular formula is C50H32N2S. The second-order valence-corrected chi connectivity index (χ2v) is 14.8. The number of hydrogen-bond donors (Lipinski definition) is 0. The van der Waals surface area contributed by atoms with Crippen molar-refractivity contribution in [3.8, 4) is 16.8 Å². The summed E-state index contributed by atoms with van der Waals surface area (Å²) in [5.41, 5.74) is 9.55. The predicted octanol–water partition coefficient (Wildman–Crippen LogP) is 14.6. The summed E-state index contributed by atoms with van der Waals surface area (Å²) >= 11 is 1.90. The molecule has 53 heavy (non-hydrogen) atoms. The molecule has 0 fully saturated rings. The molecule has 2 aromatic heterocycles. The van der Waals surface area contributed by atoms with Gasteiger partial charge in [-0.15, -0.1) is 11.3 Å². The summed E-state index contributed by atoms with van der Waals surface area (Å²) in [4.78, 5) is 2.41. The highest BCUT2D eigenvalue weighted by molar-refractivity contribution is 7.26. The molecule has 0 saturated carbocycles. The lowest BCUT2D eigenvalue weighted by atomic mass is 9.96. The highest BCUT2D eigenvalue weighted by Crippen LogP contribution is 2.48. The average molecular weight is 693 g/mol. The van der Waals surface area contributed by atoms with Gasteiger partial charge in [0.2, 0.25) is 0 Å². The minimum absolute atomic E-state index is 1.12. The van der Waals surface area contributed by atoms with Gasteiger partial charge >= 0.3 is 0 Å². The average Bonchev–Trinajstić information content (AvgIpc) is 3.78. The Morgan fingerprint density at radius 3 is 1.94 bits per heavy atom. The smallest absolute Gasteiger partial charge is 0.0720 e. The zero-order valence-corrected chi connectivity index (χ0v) is 29.6. The van der Waals surface area contributed by atoms with E-state index in [1.54, 1.807) is 0 Å². The fourth-order valence-corrected chi connectivity index (χ4v) is 9.61. The molecular weight excluding hydrogens is 661 g/mol. The van der Waals surface area contributed by atoms with E-state index in [1.807, 2.05) is 11.3 Å². The lowest BCUT2D eigenvalue weighted by Crippen LogP contribution is -2.10.